The van der Waals surface area contributed by atoms with Gasteiger partial charge < -0.3 is 4.74 Å². The van der Waals surface area contributed by atoms with Crippen molar-refractivity contribution >= 4 is 5.97 Å². The molecule has 1 aliphatic rings. The van der Waals surface area contributed by atoms with E-state index in [1.165, 1.54) is 6.42 Å². The van der Waals surface area contributed by atoms with Gasteiger partial charge in [0.05, 0.1) is 6.61 Å². The van der Waals surface area contributed by atoms with E-state index in [1.54, 1.807) is 6.92 Å². The number of halogens is 1. The first-order chi connectivity index (χ1) is 8.72. The van der Waals surface area contributed by atoms with Gasteiger partial charge in [-0.2, -0.15) is 5.10 Å². The van der Waals surface area contributed by atoms with Crippen LogP contribution in [-0.2, 0) is 4.74 Å². The third kappa shape index (κ3) is 2.83. The minimum atomic E-state index is -0.626. The first-order valence-electron chi connectivity index (χ1n) is 6.42. The van der Waals surface area contributed by atoms with Crippen molar-refractivity contribution in [1.29, 1.82) is 0 Å². The number of aromatic nitrogens is 2. The highest BCUT2D eigenvalue weighted by atomic mass is 19.1. The molecule has 1 saturated carbocycles. The topological polar surface area (TPSA) is 52.1 Å². The summed E-state index contributed by atoms with van der Waals surface area (Å²) in [6.45, 7) is 1.94. The van der Waals surface area contributed by atoms with E-state index in [2.05, 4.69) is 10.2 Å². The van der Waals surface area contributed by atoms with Crippen molar-refractivity contribution in [2.75, 3.05) is 6.61 Å². The van der Waals surface area contributed by atoms with Crippen LogP contribution in [0.25, 0.3) is 0 Å². The highest BCUT2D eigenvalue weighted by molar-refractivity contribution is 5.86. The van der Waals surface area contributed by atoms with Crippen LogP contribution in [0.4, 0.5) is 4.39 Å². The summed E-state index contributed by atoms with van der Waals surface area (Å²) in [5.41, 5.74) is 0.330. The van der Waals surface area contributed by atoms with Crippen molar-refractivity contribution in [3.05, 3.63) is 23.3 Å². The highest BCUT2D eigenvalue weighted by Crippen LogP contribution is 2.32. The maximum absolute atomic E-state index is 13.9. The zero-order chi connectivity index (χ0) is 13.0. The molecule has 1 heterocycles. The van der Waals surface area contributed by atoms with E-state index < -0.39 is 11.8 Å². The number of esters is 1. The largest absolute Gasteiger partial charge is 0.461 e. The molecule has 0 N–H and O–H groups in total. The zero-order valence-corrected chi connectivity index (χ0v) is 10.5. The Kier molecular flexibility index (Phi) is 4.23. The second-order valence-electron chi connectivity index (χ2n) is 4.52. The van der Waals surface area contributed by atoms with E-state index in [-0.39, 0.29) is 18.2 Å². The lowest BCUT2D eigenvalue weighted by atomic mass is 9.86. The van der Waals surface area contributed by atoms with Gasteiger partial charge in [0.1, 0.15) is 11.5 Å². The Balaban J connectivity index is 2.16. The predicted octanol–water partition coefficient (Wildman–Crippen LogP) is 2.84. The molecule has 98 valence electrons. The summed E-state index contributed by atoms with van der Waals surface area (Å²) in [6.07, 6.45) is 5.30. The molecule has 0 saturated heterocycles. The smallest absolute Gasteiger partial charge is 0.358 e. The molecule has 0 aliphatic heterocycles. The molecule has 5 heteroatoms. The van der Waals surface area contributed by atoms with Gasteiger partial charge in [-0.1, -0.05) is 19.3 Å². The molecular formula is C13H17FN2O2. The minimum Gasteiger partial charge on any atom is -0.461 e. The Morgan fingerprint density at radius 1 is 1.39 bits per heavy atom. The Bertz CT molecular complexity index is 431. The fourth-order valence-corrected chi connectivity index (χ4v) is 2.34. The Morgan fingerprint density at radius 3 is 2.72 bits per heavy atom. The third-order valence-electron chi connectivity index (χ3n) is 3.25. The van der Waals surface area contributed by atoms with Gasteiger partial charge in [-0.05, 0) is 19.8 Å². The standard InChI is InChI=1S/C13H17FN2O2/c1-2-18-13(17)11-8-10(14)12(16-15-11)9-6-4-3-5-7-9/h8-9H,2-7H2,1H3. The van der Waals surface area contributed by atoms with Crippen molar-refractivity contribution in [2.45, 2.75) is 44.9 Å². The lowest BCUT2D eigenvalue weighted by Crippen LogP contribution is -2.14. The highest BCUT2D eigenvalue weighted by Gasteiger charge is 2.22. The van der Waals surface area contributed by atoms with Crippen LogP contribution in [-0.4, -0.2) is 22.8 Å². The summed E-state index contributed by atoms with van der Waals surface area (Å²) in [5.74, 6) is -0.929. The molecule has 1 aliphatic carbocycles. The maximum Gasteiger partial charge on any atom is 0.358 e. The molecule has 0 radical (unpaired) electrons. The van der Waals surface area contributed by atoms with Crippen LogP contribution in [0.15, 0.2) is 6.07 Å². The lowest BCUT2D eigenvalue weighted by molar-refractivity contribution is 0.0517. The van der Waals surface area contributed by atoms with Gasteiger partial charge in [-0.3, -0.25) is 0 Å². The number of hydrogen-bond acceptors (Lipinski definition) is 4. The fraction of sp³-hybridized carbons (Fsp3) is 0.615. The molecule has 1 aromatic rings. The Hall–Kier alpha value is -1.52. The summed E-state index contributed by atoms with van der Waals surface area (Å²) < 4.78 is 18.7. The third-order valence-corrected chi connectivity index (χ3v) is 3.25. The van der Waals surface area contributed by atoms with E-state index in [9.17, 15) is 9.18 Å². The first kappa shape index (κ1) is 12.9. The van der Waals surface area contributed by atoms with Crippen molar-refractivity contribution in [3.8, 4) is 0 Å². The van der Waals surface area contributed by atoms with E-state index in [0.29, 0.717) is 5.69 Å². The molecule has 0 unspecified atom stereocenters. The van der Waals surface area contributed by atoms with E-state index >= 15 is 0 Å². The summed E-state index contributed by atoms with van der Waals surface area (Å²) >= 11 is 0. The average molecular weight is 252 g/mol. The van der Waals surface area contributed by atoms with Gasteiger partial charge in [0.2, 0.25) is 0 Å². The van der Waals surface area contributed by atoms with Crippen LogP contribution in [0.2, 0.25) is 0 Å². The van der Waals surface area contributed by atoms with Crippen molar-refractivity contribution < 1.29 is 13.9 Å². The van der Waals surface area contributed by atoms with Crippen LogP contribution in [0, 0.1) is 5.82 Å². The molecule has 0 bridgehead atoms. The molecular weight excluding hydrogens is 235 g/mol. The van der Waals surface area contributed by atoms with Gasteiger partial charge in [0.15, 0.2) is 5.69 Å². The average Bonchev–Trinajstić information content (AvgIpc) is 2.40. The second-order valence-corrected chi connectivity index (χ2v) is 4.52. The Labute approximate surface area is 106 Å². The summed E-state index contributed by atoms with van der Waals surface area (Å²) in [4.78, 5) is 11.4. The number of nitrogens with zero attached hydrogens (tertiary/aromatic N) is 2. The fourth-order valence-electron chi connectivity index (χ4n) is 2.34. The monoisotopic (exact) mass is 252 g/mol. The van der Waals surface area contributed by atoms with Gasteiger partial charge in [0.25, 0.3) is 0 Å². The lowest BCUT2D eigenvalue weighted by Gasteiger charge is -2.20. The summed E-state index contributed by atoms with van der Waals surface area (Å²) in [7, 11) is 0. The minimum absolute atomic E-state index is 0.0612. The summed E-state index contributed by atoms with van der Waals surface area (Å²) in [5, 5.41) is 7.65. The molecule has 2 rings (SSSR count). The molecule has 18 heavy (non-hydrogen) atoms. The van der Waals surface area contributed by atoms with E-state index in [4.69, 9.17) is 4.74 Å². The number of carbonyl (C=O) groups excluding carboxylic acids is 1. The normalized spacial score (nSPS) is 16.6. The van der Waals surface area contributed by atoms with Crippen LogP contribution >= 0.6 is 0 Å². The first-order valence-corrected chi connectivity index (χ1v) is 6.42. The van der Waals surface area contributed by atoms with Crippen molar-refractivity contribution in [1.82, 2.24) is 10.2 Å². The molecule has 0 amide bonds. The van der Waals surface area contributed by atoms with Crippen LogP contribution in [0.5, 0.6) is 0 Å². The maximum atomic E-state index is 13.9. The molecule has 0 aromatic carbocycles. The van der Waals surface area contributed by atoms with Gasteiger partial charge in [-0.15, -0.1) is 5.10 Å². The van der Waals surface area contributed by atoms with Crippen molar-refractivity contribution in [2.24, 2.45) is 0 Å². The number of ether oxygens (including phenoxy) is 1. The van der Waals surface area contributed by atoms with Gasteiger partial charge >= 0.3 is 5.97 Å². The van der Waals surface area contributed by atoms with E-state index in [0.717, 1.165) is 31.7 Å². The number of hydrogen-bond donors (Lipinski definition) is 0. The Morgan fingerprint density at radius 2 is 2.11 bits per heavy atom. The molecule has 1 fully saturated rings. The van der Waals surface area contributed by atoms with Crippen molar-refractivity contribution in [3.63, 3.8) is 0 Å². The quantitative estimate of drug-likeness (QED) is 0.776. The zero-order valence-electron chi connectivity index (χ0n) is 10.5. The van der Waals surface area contributed by atoms with Gasteiger partial charge in [-0.25, -0.2) is 9.18 Å². The SMILES string of the molecule is CCOC(=O)c1cc(F)c(C2CCCCC2)nn1. The predicted molar refractivity (Wildman–Crippen MR) is 63.8 cm³/mol. The van der Waals surface area contributed by atoms with Crippen LogP contribution in [0.1, 0.15) is 61.1 Å². The van der Waals surface area contributed by atoms with Crippen LogP contribution in [0.3, 0.4) is 0 Å². The number of rotatable bonds is 3. The van der Waals surface area contributed by atoms with Gasteiger partial charge in [0, 0.05) is 12.0 Å². The van der Waals surface area contributed by atoms with Crippen LogP contribution < -0.4 is 0 Å². The number of carbonyl (C=O) groups is 1. The second kappa shape index (κ2) is 5.89. The summed E-state index contributed by atoms with van der Waals surface area (Å²) in [6, 6.07) is 1.13. The molecule has 0 spiro atoms. The molecule has 0 atom stereocenters. The van der Waals surface area contributed by atoms with E-state index in [1.807, 2.05) is 0 Å². The molecule has 1 aromatic heterocycles. The molecule has 4 nitrogen and oxygen atoms in total.